The first-order valence-corrected chi connectivity index (χ1v) is 11.3. The van der Waals surface area contributed by atoms with Crippen molar-refractivity contribution in [3.8, 4) is 11.8 Å². The van der Waals surface area contributed by atoms with E-state index in [1.54, 1.807) is 11.8 Å². The van der Waals surface area contributed by atoms with Crippen molar-refractivity contribution in [3.63, 3.8) is 0 Å². The number of carbonyl (C=O) groups is 1. The van der Waals surface area contributed by atoms with Crippen molar-refractivity contribution in [2.24, 2.45) is 16.6 Å². The van der Waals surface area contributed by atoms with Crippen molar-refractivity contribution in [2.45, 2.75) is 46.6 Å². The van der Waals surface area contributed by atoms with Gasteiger partial charge in [-0.05, 0) is 48.7 Å². The summed E-state index contributed by atoms with van der Waals surface area (Å²) in [6.07, 6.45) is 1.45. The second-order valence-corrected chi connectivity index (χ2v) is 8.68. The molecule has 0 aromatic heterocycles. The lowest BCUT2D eigenvalue weighted by Gasteiger charge is -2.35. The van der Waals surface area contributed by atoms with Crippen LogP contribution in [0.3, 0.4) is 0 Å². The van der Waals surface area contributed by atoms with Crippen molar-refractivity contribution >= 4 is 22.9 Å². The topological polar surface area (TPSA) is 101 Å². The van der Waals surface area contributed by atoms with Crippen LogP contribution >= 0.6 is 11.8 Å². The highest BCUT2D eigenvalue weighted by Gasteiger charge is 2.43. The Bertz CT molecular complexity index is 974. The van der Waals surface area contributed by atoms with E-state index in [9.17, 15) is 10.1 Å². The summed E-state index contributed by atoms with van der Waals surface area (Å²) in [6.45, 7) is 8.88. The maximum atomic E-state index is 13.0. The Hall–Kier alpha value is -2.92. The first-order chi connectivity index (χ1) is 14.9. The molecule has 0 aliphatic carbocycles. The first kappa shape index (κ1) is 22.8. The summed E-state index contributed by atoms with van der Waals surface area (Å²) >= 11 is 1.23. The van der Waals surface area contributed by atoms with Crippen LogP contribution in [0.1, 0.15) is 52.1 Å². The van der Waals surface area contributed by atoms with Gasteiger partial charge in [0.05, 0.1) is 30.5 Å². The first-order valence-electron chi connectivity index (χ1n) is 10.5. The van der Waals surface area contributed by atoms with E-state index < -0.39 is 12.0 Å². The molecule has 3 rings (SSSR count). The maximum absolute atomic E-state index is 13.0. The van der Waals surface area contributed by atoms with E-state index in [0.29, 0.717) is 46.1 Å². The van der Waals surface area contributed by atoms with E-state index >= 15 is 0 Å². The third-order valence-corrected chi connectivity index (χ3v) is 5.80. The standard InChI is InChI=1S/C23H28N4O3S/c1-5-7-17-19(22(28)29-6-2)20(27-21(25)18(12-24)31-23(27)26-17)15-8-10-16(11-9-15)30-13-14(3)4/h8-11,14,20H,5-7,13,25H2,1-4H3/t20-/m1/s1. The molecular formula is C23H28N4O3S. The second kappa shape index (κ2) is 9.92. The molecule has 7 nitrogen and oxygen atoms in total. The van der Waals surface area contributed by atoms with Gasteiger partial charge in [0.1, 0.15) is 22.5 Å². The van der Waals surface area contributed by atoms with Gasteiger partial charge in [-0.15, -0.1) is 0 Å². The summed E-state index contributed by atoms with van der Waals surface area (Å²) in [5.41, 5.74) is 8.31. The molecule has 1 atom stereocenters. The van der Waals surface area contributed by atoms with Crippen LogP contribution in [0.2, 0.25) is 0 Å². The summed E-state index contributed by atoms with van der Waals surface area (Å²) in [5.74, 6) is 1.06. The molecule has 31 heavy (non-hydrogen) atoms. The van der Waals surface area contributed by atoms with Crippen LogP contribution in [0.5, 0.6) is 5.75 Å². The molecule has 0 fully saturated rings. The van der Waals surface area contributed by atoms with Crippen molar-refractivity contribution in [3.05, 3.63) is 51.8 Å². The minimum atomic E-state index is -0.523. The third kappa shape index (κ3) is 4.72. The molecule has 0 bridgehead atoms. The van der Waals surface area contributed by atoms with E-state index in [0.717, 1.165) is 17.7 Å². The van der Waals surface area contributed by atoms with Crippen LogP contribution in [-0.2, 0) is 9.53 Å². The quantitative estimate of drug-likeness (QED) is 0.596. The van der Waals surface area contributed by atoms with E-state index in [1.807, 2.05) is 31.2 Å². The molecule has 2 aliphatic heterocycles. The average molecular weight is 441 g/mol. The van der Waals surface area contributed by atoms with Crippen molar-refractivity contribution in [2.75, 3.05) is 13.2 Å². The number of esters is 1. The number of allylic oxidation sites excluding steroid dienone is 2. The smallest absolute Gasteiger partial charge is 0.338 e. The Morgan fingerprint density at radius 2 is 2.03 bits per heavy atom. The minimum Gasteiger partial charge on any atom is -0.493 e. The van der Waals surface area contributed by atoms with Gasteiger partial charge in [-0.25, -0.2) is 9.79 Å². The van der Waals surface area contributed by atoms with Crippen LogP contribution in [0.25, 0.3) is 0 Å². The summed E-state index contributed by atoms with van der Waals surface area (Å²) in [5, 5.41) is 10.1. The molecule has 2 aliphatic rings. The van der Waals surface area contributed by atoms with Gasteiger partial charge in [0.2, 0.25) is 0 Å². The predicted molar refractivity (Wildman–Crippen MR) is 122 cm³/mol. The number of hydrogen-bond donors (Lipinski definition) is 1. The van der Waals surface area contributed by atoms with E-state index in [1.165, 1.54) is 11.8 Å². The lowest BCUT2D eigenvalue weighted by atomic mass is 9.93. The largest absolute Gasteiger partial charge is 0.493 e. The number of fused-ring (bicyclic) bond motifs is 1. The van der Waals surface area contributed by atoms with Gasteiger partial charge in [-0.2, -0.15) is 5.26 Å². The molecule has 2 N–H and O–H groups in total. The number of nitrogens with zero attached hydrogens (tertiary/aromatic N) is 3. The molecule has 0 unspecified atom stereocenters. The van der Waals surface area contributed by atoms with E-state index in [-0.39, 0.29) is 6.61 Å². The van der Waals surface area contributed by atoms with E-state index in [4.69, 9.17) is 20.2 Å². The minimum absolute atomic E-state index is 0.260. The highest BCUT2D eigenvalue weighted by atomic mass is 32.2. The van der Waals surface area contributed by atoms with Crippen LogP contribution in [0.4, 0.5) is 0 Å². The van der Waals surface area contributed by atoms with Gasteiger partial charge in [0, 0.05) is 0 Å². The van der Waals surface area contributed by atoms with Gasteiger partial charge in [0.25, 0.3) is 0 Å². The lowest BCUT2D eigenvalue weighted by molar-refractivity contribution is -0.139. The molecule has 164 valence electrons. The van der Waals surface area contributed by atoms with Gasteiger partial charge < -0.3 is 15.2 Å². The Kier molecular flexibility index (Phi) is 7.29. The fourth-order valence-electron chi connectivity index (χ4n) is 3.46. The van der Waals surface area contributed by atoms with Crippen LogP contribution < -0.4 is 10.5 Å². The molecule has 1 aromatic carbocycles. The lowest BCUT2D eigenvalue weighted by Crippen LogP contribution is -2.39. The highest BCUT2D eigenvalue weighted by Crippen LogP contribution is 2.46. The Labute approximate surface area is 187 Å². The summed E-state index contributed by atoms with van der Waals surface area (Å²) < 4.78 is 11.2. The molecular weight excluding hydrogens is 412 g/mol. The third-order valence-electron chi connectivity index (χ3n) is 4.83. The molecule has 0 amide bonds. The Balaban J connectivity index is 2.09. The fourth-order valence-corrected chi connectivity index (χ4v) is 4.35. The van der Waals surface area contributed by atoms with Gasteiger partial charge in [0.15, 0.2) is 5.17 Å². The summed E-state index contributed by atoms with van der Waals surface area (Å²) in [4.78, 5) is 19.9. The van der Waals surface area contributed by atoms with Crippen molar-refractivity contribution < 1.29 is 14.3 Å². The number of hydrogen-bond acceptors (Lipinski definition) is 8. The average Bonchev–Trinajstić information content (AvgIpc) is 3.07. The molecule has 1 aromatic rings. The van der Waals surface area contributed by atoms with Gasteiger partial charge in [-0.1, -0.05) is 39.3 Å². The van der Waals surface area contributed by atoms with Crippen LogP contribution in [0, 0.1) is 17.2 Å². The maximum Gasteiger partial charge on any atom is 0.338 e. The highest BCUT2D eigenvalue weighted by molar-refractivity contribution is 8.17. The normalized spacial score (nSPS) is 18.1. The molecule has 0 saturated heterocycles. The zero-order valence-corrected chi connectivity index (χ0v) is 19.2. The zero-order chi connectivity index (χ0) is 22.5. The molecule has 0 saturated carbocycles. The second-order valence-electron chi connectivity index (χ2n) is 7.70. The number of nitrogens with two attached hydrogens (primary N) is 1. The predicted octanol–water partition coefficient (Wildman–Crippen LogP) is 4.45. The number of carbonyl (C=O) groups excluding carboxylic acids is 1. The summed E-state index contributed by atoms with van der Waals surface area (Å²) in [6, 6.07) is 9.24. The van der Waals surface area contributed by atoms with Crippen molar-refractivity contribution in [1.82, 2.24) is 4.90 Å². The van der Waals surface area contributed by atoms with E-state index in [2.05, 4.69) is 19.9 Å². The number of ether oxygens (including phenoxy) is 2. The van der Waals surface area contributed by atoms with Gasteiger partial charge >= 0.3 is 5.97 Å². The van der Waals surface area contributed by atoms with Crippen LogP contribution in [0.15, 0.2) is 51.3 Å². The number of benzene rings is 1. The number of thioether (sulfide) groups is 1. The fraction of sp³-hybridized carbons (Fsp3) is 0.435. The number of nitriles is 1. The molecule has 0 spiro atoms. The molecule has 0 radical (unpaired) electrons. The number of amidine groups is 1. The molecule has 2 heterocycles. The number of rotatable bonds is 8. The van der Waals surface area contributed by atoms with Gasteiger partial charge in [-0.3, -0.25) is 4.90 Å². The zero-order valence-electron chi connectivity index (χ0n) is 18.3. The monoisotopic (exact) mass is 440 g/mol. The number of aliphatic imine (C=N–C) groups is 1. The Morgan fingerprint density at radius 1 is 1.32 bits per heavy atom. The molecule has 8 heteroatoms. The Morgan fingerprint density at radius 3 is 2.61 bits per heavy atom. The van der Waals surface area contributed by atoms with Crippen LogP contribution in [-0.4, -0.2) is 29.3 Å². The van der Waals surface area contributed by atoms with Crippen molar-refractivity contribution in [1.29, 1.82) is 5.26 Å². The SMILES string of the molecule is CCCC1=C(C(=O)OCC)[C@@H](c2ccc(OCC(C)C)cc2)N2C(=N1)SC(C#N)=C2N. The summed E-state index contributed by atoms with van der Waals surface area (Å²) in [7, 11) is 0.